The molecule has 0 atom stereocenters. The molecule has 10 heteroatoms. The lowest BCUT2D eigenvalue weighted by atomic mass is 9.87. The third-order valence-corrected chi connectivity index (χ3v) is 4.36. The summed E-state index contributed by atoms with van der Waals surface area (Å²) in [4.78, 5) is 22.4. The maximum atomic E-state index is 12.2. The summed E-state index contributed by atoms with van der Waals surface area (Å²) in [7, 11) is 0. The number of rotatable bonds is 5. The minimum Gasteiger partial charge on any atom is -0.444 e. The van der Waals surface area contributed by atoms with E-state index in [2.05, 4.69) is 26.5 Å². The molecule has 0 saturated carbocycles. The molecule has 3 rings (SSSR count). The van der Waals surface area contributed by atoms with Crippen LogP contribution in [0.3, 0.4) is 0 Å². The van der Waals surface area contributed by atoms with Crippen molar-refractivity contribution in [1.29, 1.82) is 10.7 Å². The maximum absolute atomic E-state index is 12.2. The van der Waals surface area contributed by atoms with Gasteiger partial charge in [-0.15, -0.1) is 5.10 Å². The summed E-state index contributed by atoms with van der Waals surface area (Å²) in [6.07, 6.45) is 4.20. The van der Waals surface area contributed by atoms with Crippen molar-refractivity contribution >= 4 is 23.5 Å². The quantitative estimate of drug-likeness (QED) is 0.738. The SMILES string of the molecule is Cc1nc2ccnc(/C(C=N)=C/NC3(CC#N)CN(C(=O)OC(C)(C)C)C3)n2n1. The minimum atomic E-state index is -0.605. The van der Waals surface area contributed by atoms with Crippen LogP contribution < -0.4 is 5.32 Å². The molecule has 0 aromatic carbocycles. The number of fused-ring (bicyclic) bond motifs is 1. The van der Waals surface area contributed by atoms with Gasteiger partial charge in [0, 0.05) is 37.8 Å². The first kappa shape index (κ1) is 20.3. The molecule has 1 fully saturated rings. The number of amides is 1. The van der Waals surface area contributed by atoms with Crippen molar-refractivity contribution in [3.63, 3.8) is 0 Å². The molecule has 1 amide bonds. The standard InChI is InChI=1S/C19H24N8O2/c1-13-24-15-5-8-22-16(27(15)25-13)14(9-21)10-23-19(6-7-20)11-26(12-19)17(28)29-18(2,3)4/h5,8-10,21,23H,6,11-12H2,1-4H3/b14-10+,21-9?. The lowest BCUT2D eigenvalue weighted by Gasteiger charge is -2.49. The Morgan fingerprint density at radius 1 is 1.48 bits per heavy atom. The van der Waals surface area contributed by atoms with E-state index in [9.17, 15) is 10.1 Å². The summed E-state index contributed by atoms with van der Waals surface area (Å²) in [5.74, 6) is 1.06. The molecule has 1 aliphatic heterocycles. The van der Waals surface area contributed by atoms with Crippen molar-refractivity contribution in [1.82, 2.24) is 29.8 Å². The van der Waals surface area contributed by atoms with E-state index < -0.39 is 17.2 Å². The molecule has 152 valence electrons. The van der Waals surface area contributed by atoms with Crippen molar-refractivity contribution in [3.8, 4) is 6.07 Å². The van der Waals surface area contributed by atoms with Gasteiger partial charge in [-0.25, -0.2) is 14.8 Å². The fourth-order valence-corrected chi connectivity index (χ4v) is 3.07. The van der Waals surface area contributed by atoms with Crippen molar-refractivity contribution in [2.45, 2.75) is 45.3 Å². The van der Waals surface area contributed by atoms with Crippen LogP contribution >= 0.6 is 0 Å². The molecule has 2 aromatic rings. The number of hydrogen-bond donors (Lipinski definition) is 2. The molecule has 3 heterocycles. The normalized spacial score (nSPS) is 16.1. The van der Waals surface area contributed by atoms with Crippen LogP contribution in [0.25, 0.3) is 11.2 Å². The Balaban J connectivity index is 1.79. The van der Waals surface area contributed by atoms with Crippen LogP contribution in [0.1, 0.15) is 38.8 Å². The lowest BCUT2D eigenvalue weighted by Crippen LogP contribution is -2.69. The van der Waals surface area contributed by atoms with Gasteiger partial charge in [-0.1, -0.05) is 0 Å². The number of carbonyl (C=O) groups excluding carboxylic acids is 1. The molecule has 0 bridgehead atoms. The number of likely N-dealkylation sites (tertiary alicyclic amines) is 1. The summed E-state index contributed by atoms with van der Waals surface area (Å²) in [6, 6.07) is 3.90. The molecule has 0 unspecified atom stereocenters. The van der Waals surface area contributed by atoms with Crippen LogP contribution in [-0.4, -0.2) is 61.0 Å². The molecule has 0 spiro atoms. The third kappa shape index (κ3) is 4.34. The van der Waals surface area contributed by atoms with Gasteiger partial charge < -0.3 is 20.4 Å². The first-order valence-electron chi connectivity index (χ1n) is 9.18. The second kappa shape index (κ2) is 7.50. The van der Waals surface area contributed by atoms with E-state index in [1.54, 1.807) is 34.8 Å². The van der Waals surface area contributed by atoms with E-state index >= 15 is 0 Å². The molecule has 2 aromatic heterocycles. The van der Waals surface area contributed by atoms with Crippen LogP contribution in [0.2, 0.25) is 0 Å². The molecule has 29 heavy (non-hydrogen) atoms. The molecule has 2 N–H and O–H groups in total. The average molecular weight is 396 g/mol. The zero-order chi connectivity index (χ0) is 21.2. The van der Waals surface area contributed by atoms with Crippen LogP contribution in [0.5, 0.6) is 0 Å². The van der Waals surface area contributed by atoms with Gasteiger partial charge in [0.1, 0.15) is 11.4 Å². The van der Waals surface area contributed by atoms with Gasteiger partial charge in [-0.3, -0.25) is 0 Å². The van der Waals surface area contributed by atoms with E-state index in [0.717, 1.165) is 6.21 Å². The van der Waals surface area contributed by atoms with E-state index in [0.29, 0.717) is 36.0 Å². The van der Waals surface area contributed by atoms with E-state index in [1.165, 1.54) is 0 Å². The van der Waals surface area contributed by atoms with E-state index in [-0.39, 0.29) is 6.42 Å². The number of nitriles is 1. The maximum Gasteiger partial charge on any atom is 0.410 e. The van der Waals surface area contributed by atoms with Gasteiger partial charge in [-0.05, 0) is 27.7 Å². The zero-order valence-electron chi connectivity index (χ0n) is 16.9. The summed E-state index contributed by atoms with van der Waals surface area (Å²) in [5.41, 5.74) is -0.0716. The summed E-state index contributed by atoms with van der Waals surface area (Å²) in [5, 5.41) is 24.6. The topological polar surface area (TPSA) is 132 Å². The second-order valence-corrected chi connectivity index (χ2v) is 8.04. The Morgan fingerprint density at radius 2 is 2.21 bits per heavy atom. The summed E-state index contributed by atoms with van der Waals surface area (Å²) in [6.45, 7) is 7.87. The number of hydrogen-bond acceptors (Lipinski definition) is 8. The van der Waals surface area contributed by atoms with Crippen molar-refractivity contribution in [3.05, 3.63) is 30.1 Å². The smallest absolute Gasteiger partial charge is 0.410 e. The number of allylic oxidation sites excluding steroid dienone is 1. The van der Waals surface area contributed by atoms with Gasteiger partial charge in [-0.2, -0.15) is 9.78 Å². The summed E-state index contributed by atoms with van der Waals surface area (Å²) < 4.78 is 6.94. The van der Waals surface area contributed by atoms with Crippen LogP contribution in [-0.2, 0) is 4.74 Å². The largest absolute Gasteiger partial charge is 0.444 e. The monoisotopic (exact) mass is 396 g/mol. The molecule has 1 aliphatic rings. The van der Waals surface area contributed by atoms with Gasteiger partial charge in [0.2, 0.25) is 0 Å². The molecular weight excluding hydrogens is 372 g/mol. The van der Waals surface area contributed by atoms with Crippen molar-refractivity contribution in [2.75, 3.05) is 13.1 Å². The van der Waals surface area contributed by atoms with Crippen molar-refractivity contribution in [2.24, 2.45) is 0 Å². The highest BCUT2D eigenvalue weighted by Gasteiger charge is 2.46. The number of aromatic nitrogens is 4. The first-order valence-corrected chi connectivity index (χ1v) is 9.18. The van der Waals surface area contributed by atoms with Crippen LogP contribution in [0, 0.1) is 23.7 Å². The van der Waals surface area contributed by atoms with Crippen molar-refractivity contribution < 1.29 is 9.53 Å². The number of nitrogens with zero attached hydrogens (tertiary/aromatic N) is 6. The lowest BCUT2D eigenvalue weighted by molar-refractivity contribution is -0.0125. The van der Waals surface area contributed by atoms with E-state index in [1.807, 2.05) is 20.8 Å². The summed E-state index contributed by atoms with van der Waals surface area (Å²) >= 11 is 0. The predicted octanol–water partition coefficient (Wildman–Crippen LogP) is 1.92. The van der Waals surface area contributed by atoms with Gasteiger partial charge in [0.05, 0.1) is 23.6 Å². The second-order valence-electron chi connectivity index (χ2n) is 8.04. The fourth-order valence-electron chi connectivity index (χ4n) is 3.07. The Kier molecular flexibility index (Phi) is 5.24. The zero-order valence-corrected chi connectivity index (χ0v) is 16.9. The molecule has 0 aliphatic carbocycles. The van der Waals surface area contributed by atoms with Gasteiger partial charge >= 0.3 is 6.09 Å². The molecule has 10 nitrogen and oxygen atoms in total. The number of aryl methyl sites for hydroxylation is 1. The highest BCUT2D eigenvalue weighted by molar-refractivity contribution is 6.06. The molecular formula is C19H24N8O2. The minimum absolute atomic E-state index is 0.203. The highest BCUT2D eigenvalue weighted by atomic mass is 16.6. The van der Waals surface area contributed by atoms with Gasteiger partial charge in [0.15, 0.2) is 11.5 Å². The van der Waals surface area contributed by atoms with Crippen LogP contribution in [0.4, 0.5) is 4.79 Å². The highest BCUT2D eigenvalue weighted by Crippen LogP contribution is 2.27. The van der Waals surface area contributed by atoms with Crippen LogP contribution in [0.15, 0.2) is 18.5 Å². The third-order valence-electron chi connectivity index (χ3n) is 4.36. The van der Waals surface area contributed by atoms with Gasteiger partial charge in [0.25, 0.3) is 0 Å². The molecule has 1 saturated heterocycles. The average Bonchev–Trinajstić information content (AvgIpc) is 2.98. The fraction of sp³-hybridized carbons (Fsp3) is 0.474. The Bertz CT molecular complexity index is 1010. The molecule has 0 radical (unpaired) electrons. The van der Waals surface area contributed by atoms with E-state index in [4.69, 9.17) is 10.1 Å². The number of carbonyl (C=O) groups is 1. The Hall–Kier alpha value is -3.48. The number of ether oxygens (including phenoxy) is 1. The Labute approximate surface area is 168 Å². The number of nitrogens with one attached hydrogen (secondary N) is 2. The Morgan fingerprint density at radius 3 is 2.83 bits per heavy atom. The first-order chi connectivity index (χ1) is 13.7. The predicted molar refractivity (Wildman–Crippen MR) is 106 cm³/mol.